The first kappa shape index (κ1) is 17.5. The van der Waals surface area contributed by atoms with E-state index in [4.69, 9.17) is 0 Å². The molecule has 0 aromatic carbocycles. The Morgan fingerprint density at radius 1 is 1.31 bits per heavy atom. The molecule has 2 nitrogen and oxygen atoms in total. The predicted molar refractivity (Wildman–Crippen MR) is 48.4 cm³/mol. The van der Waals surface area contributed by atoms with Crippen LogP contribution >= 0.6 is 0 Å². The lowest BCUT2D eigenvalue weighted by Gasteiger charge is -2.06. The maximum atomic E-state index is 11.4. The number of hydrogen-bond donors (Lipinski definition) is 0. The molecule has 0 saturated carbocycles. The standard InChI is InChI=1S/C7H13FO2.C2H2F4/c1-3-6(2)7(9)10-5-4-8;3-1-2(4,5)6/h6H,3-5H2,1-2H3;1H2. The van der Waals surface area contributed by atoms with Gasteiger partial charge in [-0.2, -0.15) is 13.2 Å². The Bertz CT molecular complexity index is 181. The molecule has 0 spiro atoms. The first-order valence-electron chi connectivity index (χ1n) is 4.63. The molecule has 0 bridgehead atoms. The fourth-order valence-corrected chi connectivity index (χ4v) is 0.448. The summed E-state index contributed by atoms with van der Waals surface area (Å²) in [7, 11) is 0. The van der Waals surface area contributed by atoms with Crippen molar-refractivity contribution in [2.75, 3.05) is 20.0 Å². The summed E-state index contributed by atoms with van der Waals surface area (Å²) in [6.45, 7) is 0.723. The van der Waals surface area contributed by atoms with Crippen molar-refractivity contribution in [2.45, 2.75) is 26.4 Å². The minimum atomic E-state index is -4.62. The average molecular weight is 250 g/mol. The number of hydrogen-bond acceptors (Lipinski definition) is 2. The average Bonchev–Trinajstić information content (AvgIpc) is 2.24. The lowest BCUT2D eigenvalue weighted by molar-refractivity contribution is -0.148. The van der Waals surface area contributed by atoms with E-state index in [2.05, 4.69) is 4.74 Å². The zero-order valence-electron chi connectivity index (χ0n) is 9.11. The first-order valence-corrected chi connectivity index (χ1v) is 4.63. The van der Waals surface area contributed by atoms with Gasteiger partial charge in [0.25, 0.3) is 0 Å². The molecule has 16 heavy (non-hydrogen) atoms. The molecule has 7 heteroatoms. The van der Waals surface area contributed by atoms with Gasteiger partial charge in [-0.25, -0.2) is 8.78 Å². The van der Waals surface area contributed by atoms with Gasteiger partial charge in [-0.15, -0.1) is 0 Å². The highest BCUT2D eigenvalue weighted by Gasteiger charge is 2.26. The highest BCUT2D eigenvalue weighted by atomic mass is 19.4. The van der Waals surface area contributed by atoms with Gasteiger partial charge < -0.3 is 4.74 Å². The molecule has 0 aliphatic carbocycles. The number of esters is 1. The van der Waals surface area contributed by atoms with Gasteiger partial charge in [0.1, 0.15) is 13.3 Å². The van der Waals surface area contributed by atoms with E-state index in [1.165, 1.54) is 0 Å². The molecule has 0 N–H and O–H groups in total. The number of alkyl halides is 5. The van der Waals surface area contributed by atoms with Crippen LogP contribution in [0.2, 0.25) is 0 Å². The number of rotatable bonds is 4. The van der Waals surface area contributed by atoms with E-state index in [0.29, 0.717) is 0 Å². The zero-order valence-corrected chi connectivity index (χ0v) is 9.11. The molecule has 1 atom stereocenters. The Balaban J connectivity index is 0. The Morgan fingerprint density at radius 2 is 1.75 bits per heavy atom. The van der Waals surface area contributed by atoms with Gasteiger partial charge in [0, 0.05) is 0 Å². The van der Waals surface area contributed by atoms with E-state index in [1.54, 1.807) is 6.92 Å². The normalized spacial score (nSPS) is 12.4. The fraction of sp³-hybridized carbons (Fsp3) is 0.889. The van der Waals surface area contributed by atoms with Gasteiger partial charge >= 0.3 is 12.1 Å². The van der Waals surface area contributed by atoms with Crippen molar-refractivity contribution in [1.82, 2.24) is 0 Å². The minimum absolute atomic E-state index is 0.105. The van der Waals surface area contributed by atoms with Crippen LogP contribution in [0.15, 0.2) is 0 Å². The molecule has 0 heterocycles. The molecule has 0 aromatic rings. The van der Waals surface area contributed by atoms with Crippen LogP contribution < -0.4 is 0 Å². The molecule has 0 saturated heterocycles. The van der Waals surface area contributed by atoms with E-state index in [0.717, 1.165) is 6.42 Å². The maximum Gasteiger partial charge on any atom is 0.416 e. The van der Waals surface area contributed by atoms with Crippen LogP contribution in [0.5, 0.6) is 0 Å². The number of halogens is 5. The lowest BCUT2D eigenvalue weighted by Crippen LogP contribution is -2.15. The molecule has 0 aliphatic rings. The first-order chi connectivity index (χ1) is 7.28. The molecule has 1 unspecified atom stereocenters. The molecule has 0 rings (SSSR count). The van der Waals surface area contributed by atoms with Gasteiger partial charge in [-0.1, -0.05) is 13.8 Å². The van der Waals surface area contributed by atoms with Crippen LogP contribution in [-0.2, 0) is 9.53 Å². The number of carbonyl (C=O) groups is 1. The molecule has 0 amide bonds. The third kappa shape index (κ3) is 13.1. The van der Waals surface area contributed by atoms with Crippen LogP contribution in [0.25, 0.3) is 0 Å². The summed E-state index contributed by atoms with van der Waals surface area (Å²) in [5.74, 6) is -0.410. The van der Waals surface area contributed by atoms with Crippen LogP contribution in [0.4, 0.5) is 22.0 Å². The lowest BCUT2D eigenvalue weighted by atomic mass is 10.1. The summed E-state index contributed by atoms with van der Waals surface area (Å²) in [4.78, 5) is 10.7. The second-order valence-electron chi connectivity index (χ2n) is 2.91. The van der Waals surface area contributed by atoms with Gasteiger partial charge in [-0.3, -0.25) is 4.79 Å². The van der Waals surface area contributed by atoms with Crippen molar-refractivity contribution in [1.29, 1.82) is 0 Å². The fourth-order valence-electron chi connectivity index (χ4n) is 0.448. The summed E-state index contributed by atoms with van der Waals surface area (Å²) in [6, 6.07) is 0. The smallest absolute Gasteiger partial charge is 0.416 e. The van der Waals surface area contributed by atoms with Crippen molar-refractivity contribution < 1.29 is 31.5 Å². The van der Waals surface area contributed by atoms with Gasteiger partial charge in [0.2, 0.25) is 0 Å². The van der Waals surface area contributed by atoms with Crippen LogP contribution in [0.1, 0.15) is 20.3 Å². The topological polar surface area (TPSA) is 26.3 Å². The molecule has 0 aromatic heterocycles. The quantitative estimate of drug-likeness (QED) is 0.566. The Kier molecular flexibility index (Phi) is 10.2. The third-order valence-corrected chi connectivity index (χ3v) is 1.49. The zero-order chi connectivity index (χ0) is 13.2. The van der Waals surface area contributed by atoms with Crippen molar-refractivity contribution in [3.05, 3.63) is 0 Å². The van der Waals surface area contributed by atoms with Gasteiger partial charge in [0.15, 0.2) is 6.67 Å². The van der Waals surface area contributed by atoms with Crippen molar-refractivity contribution >= 4 is 5.97 Å². The molecule has 0 fully saturated rings. The number of ether oxygens (including phenoxy) is 1. The van der Waals surface area contributed by atoms with Crippen molar-refractivity contribution in [3.63, 3.8) is 0 Å². The molecular formula is C9H15F5O2. The second-order valence-corrected chi connectivity index (χ2v) is 2.91. The van der Waals surface area contributed by atoms with Gasteiger partial charge in [0.05, 0.1) is 5.92 Å². The van der Waals surface area contributed by atoms with Crippen molar-refractivity contribution in [3.8, 4) is 0 Å². The molecule has 0 radical (unpaired) electrons. The highest BCUT2D eigenvalue weighted by molar-refractivity contribution is 5.71. The van der Waals surface area contributed by atoms with E-state index < -0.39 is 19.5 Å². The van der Waals surface area contributed by atoms with Crippen LogP contribution in [0.3, 0.4) is 0 Å². The van der Waals surface area contributed by atoms with Gasteiger partial charge in [-0.05, 0) is 6.42 Å². The Morgan fingerprint density at radius 3 is 2.00 bits per heavy atom. The maximum absolute atomic E-state index is 11.4. The Labute approximate surface area is 90.8 Å². The summed E-state index contributed by atoms with van der Waals surface area (Å²) in [5, 5.41) is 0. The van der Waals surface area contributed by atoms with E-state index in [9.17, 15) is 26.7 Å². The van der Waals surface area contributed by atoms with Crippen molar-refractivity contribution in [2.24, 2.45) is 5.92 Å². The third-order valence-electron chi connectivity index (χ3n) is 1.49. The summed E-state index contributed by atoms with van der Waals surface area (Å²) < 4.78 is 57.6. The summed E-state index contributed by atoms with van der Waals surface area (Å²) in [5.41, 5.74) is 0. The molecule has 0 aliphatic heterocycles. The van der Waals surface area contributed by atoms with E-state index >= 15 is 0 Å². The highest BCUT2D eigenvalue weighted by Crippen LogP contribution is 2.13. The van der Waals surface area contributed by atoms with Crippen LogP contribution in [-0.4, -0.2) is 32.1 Å². The predicted octanol–water partition coefficient (Wildman–Crippen LogP) is 3.06. The van der Waals surface area contributed by atoms with E-state index in [-0.39, 0.29) is 18.5 Å². The summed E-state index contributed by atoms with van der Waals surface area (Å²) >= 11 is 0. The summed E-state index contributed by atoms with van der Waals surface area (Å²) in [6.07, 6.45) is -3.88. The SMILES string of the molecule is CCC(C)C(=O)OCCF.FCC(F)(F)F. The molecular weight excluding hydrogens is 235 g/mol. The van der Waals surface area contributed by atoms with Crippen LogP contribution in [0, 0.1) is 5.92 Å². The monoisotopic (exact) mass is 250 g/mol. The number of carbonyl (C=O) groups excluding carboxylic acids is 1. The largest absolute Gasteiger partial charge is 0.463 e. The van der Waals surface area contributed by atoms with E-state index in [1.807, 2.05) is 6.92 Å². The minimum Gasteiger partial charge on any atom is -0.463 e. The molecule has 98 valence electrons. The second kappa shape index (κ2) is 9.35. The Hall–Kier alpha value is -0.880.